The fourth-order valence-electron chi connectivity index (χ4n) is 0.681. The van der Waals surface area contributed by atoms with Crippen molar-refractivity contribution in [3.63, 3.8) is 0 Å². The lowest BCUT2D eigenvalue weighted by molar-refractivity contribution is 0.489. The lowest BCUT2D eigenvalue weighted by Crippen LogP contribution is -1.93. The highest BCUT2D eigenvalue weighted by Crippen LogP contribution is 2.26. The second-order valence-corrected chi connectivity index (χ2v) is 3.09. The van der Waals surface area contributed by atoms with Gasteiger partial charge in [-0.05, 0) is 34.2 Å². The van der Waals surface area contributed by atoms with Gasteiger partial charge in [-0.3, -0.25) is 0 Å². The quantitative estimate of drug-likeness (QED) is 0.190. The van der Waals surface area contributed by atoms with Crippen LogP contribution in [0.5, 0.6) is 0 Å². The van der Waals surface area contributed by atoms with Gasteiger partial charge in [0.25, 0.3) is 0 Å². The molecule has 0 amide bonds. The van der Waals surface area contributed by atoms with Gasteiger partial charge in [-0.1, -0.05) is 5.11 Å². The summed E-state index contributed by atoms with van der Waals surface area (Å²) in [7, 11) is 0. The lowest BCUT2D eigenvalue weighted by atomic mass is 10.3. The first-order valence-electron chi connectivity index (χ1n) is 2.96. The lowest BCUT2D eigenvalue weighted by Gasteiger charge is -2.00. The molecule has 0 aliphatic heterocycles. The van der Waals surface area contributed by atoms with E-state index in [0.717, 1.165) is 0 Å². The van der Waals surface area contributed by atoms with E-state index < -0.39 is 26.7 Å². The summed E-state index contributed by atoms with van der Waals surface area (Å²) >= 11 is 1.31. The van der Waals surface area contributed by atoms with Crippen molar-refractivity contribution in [1.29, 1.82) is 0 Å². The molecule has 0 bridgehead atoms. The molecule has 0 N–H and O–H groups in total. The highest BCUT2D eigenvalue weighted by Gasteiger charge is 2.15. The Bertz CT molecular complexity index is 401. The molecule has 0 aliphatic carbocycles. The van der Waals surface area contributed by atoms with Crippen LogP contribution in [0.1, 0.15) is 0 Å². The van der Waals surface area contributed by atoms with Gasteiger partial charge < -0.3 is 0 Å². The number of hydrogen-bond acceptors (Lipinski definition) is 1. The molecule has 0 spiro atoms. The number of halogens is 4. The zero-order chi connectivity index (χ0) is 10.0. The highest BCUT2D eigenvalue weighted by molar-refractivity contribution is 14.1. The third-order valence-corrected chi connectivity index (χ3v) is 2.22. The third kappa shape index (κ3) is 1.86. The van der Waals surface area contributed by atoms with Crippen LogP contribution in [0.4, 0.5) is 18.9 Å². The molecule has 3 nitrogen and oxygen atoms in total. The topological polar surface area (TPSA) is 48.8 Å². The summed E-state index contributed by atoms with van der Waals surface area (Å²) in [6, 6.07) is 0.639. The first-order valence-corrected chi connectivity index (χ1v) is 4.04. The molecule has 0 fully saturated rings. The van der Waals surface area contributed by atoms with Gasteiger partial charge in [-0.2, -0.15) is 0 Å². The molecule has 0 unspecified atom stereocenters. The van der Waals surface area contributed by atoms with Crippen LogP contribution in [0.3, 0.4) is 0 Å². The third-order valence-electron chi connectivity index (χ3n) is 1.24. The summed E-state index contributed by atoms with van der Waals surface area (Å²) < 4.78 is 37.9. The molecule has 1 aromatic carbocycles. The maximum absolute atomic E-state index is 12.8. The normalized spacial score (nSPS) is 9.54. The number of nitrogens with zero attached hydrogens (tertiary/aromatic N) is 3. The molecule has 0 atom stereocenters. The Kier molecular flexibility index (Phi) is 2.99. The summed E-state index contributed by atoms with van der Waals surface area (Å²) in [6.07, 6.45) is 0. The van der Waals surface area contributed by atoms with Crippen molar-refractivity contribution in [3.05, 3.63) is 37.5 Å². The van der Waals surface area contributed by atoms with Crippen molar-refractivity contribution in [2.24, 2.45) is 5.11 Å². The summed E-state index contributed by atoms with van der Waals surface area (Å²) in [4.78, 5) is 2.23. The molecule has 13 heavy (non-hydrogen) atoms. The zero-order valence-corrected chi connectivity index (χ0v) is 8.09. The van der Waals surface area contributed by atoms with Crippen LogP contribution in [0.15, 0.2) is 11.2 Å². The minimum atomic E-state index is -1.34. The Hall–Kier alpha value is -0.950. The molecule has 0 radical (unpaired) electrons. The average Bonchev–Trinajstić information content (AvgIpc) is 2.11. The van der Waals surface area contributed by atoms with Gasteiger partial charge in [0.05, 0.1) is 9.26 Å². The number of hydrogen-bond donors (Lipinski definition) is 0. The maximum atomic E-state index is 12.8. The van der Waals surface area contributed by atoms with Gasteiger partial charge in [0.2, 0.25) is 0 Å². The van der Waals surface area contributed by atoms with E-state index in [2.05, 4.69) is 10.0 Å². The van der Waals surface area contributed by atoms with E-state index in [4.69, 9.17) is 5.53 Å². The van der Waals surface area contributed by atoms with Crippen LogP contribution in [-0.4, -0.2) is 0 Å². The van der Waals surface area contributed by atoms with Gasteiger partial charge >= 0.3 is 0 Å². The predicted molar refractivity (Wildman–Crippen MR) is 47.8 cm³/mol. The Labute approximate surface area is 84.3 Å². The number of rotatable bonds is 1. The van der Waals surface area contributed by atoms with Gasteiger partial charge in [-0.25, -0.2) is 13.2 Å². The molecule has 0 saturated heterocycles. The second kappa shape index (κ2) is 3.84. The SMILES string of the molecule is [N-]=[N+]=Nc1cc(F)c(I)c(F)c1F. The van der Waals surface area contributed by atoms with Crippen molar-refractivity contribution in [2.45, 2.75) is 0 Å². The first kappa shape index (κ1) is 10.1. The second-order valence-electron chi connectivity index (χ2n) is 2.01. The Balaban J connectivity index is 3.49. The molecular formula is C6HF3IN3. The molecule has 7 heteroatoms. The molecule has 0 aliphatic rings. The maximum Gasteiger partial charge on any atom is 0.175 e. The van der Waals surface area contributed by atoms with E-state index in [9.17, 15) is 13.2 Å². The van der Waals surface area contributed by atoms with E-state index in [1.165, 1.54) is 22.6 Å². The van der Waals surface area contributed by atoms with Crippen LogP contribution in [-0.2, 0) is 0 Å². The molecule has 1 rings (SSSR count). The van der Waals surface area contributed by atoms with Crippen molar-refractivity contribution < 1.29 is 13.2 Å². The first-order chi connectivity index (χ1) is 6.07. The number of azide groups is 1. The highest BCUT2D eigenvalue weighted by atomic mass is 127. The summed E-state index contributed by atoms with van der Waals surface area (Å²) in [5.74, 6) is -3.64. The van der Waals surface area contributed by atoms with Crippen LogP contribution in [0.2, 0.25) is 0 Å². The molecular weight excluding hydrogens is 298 g/mol. The smallest absolute Gasteiger partial charge is 0.175 e. The average molecular weight is 299 g/mol. The van der Waals surface area contributed by atoms with E-state index in [-0.39, 0.29) is 0 Å². The van der Waals surface area contributed by atoms with Crippen molar-refractivity contribution in [1.82, 2.24) is 0 Å². The van der Waals surface area contributed by atoms with Crippen molar-refractivity contribution in [2.75, 3.05) is 0 Å². The van der Waals surface area contributed by atoms with E-state index in [1.54, 1.807) is 0 Å². The minimum absolute atomic E-state index is 0.466. The molecule has 1 aromatic rings. The molecule has 0 aromatic heterocycles. The van der Waals surface area contributed by atoms with Crippen LogP contribution < -0.4 is 0 Å². The summed E-state index contributed by atoms with van der Waals surface area (Å²) in [5, 5.41) is 2.79. The monoisotopic (exact) mass is 299 g/mol. The van der Waals surface area contributed by atoms with Crippen molar-refractivity contribution >= 4 is 28.3 Å². The zero-order valence-electron chi connectivity index (χ0n) is 5.93. The van der Waals surface area contributed by atoms with Crippen molar-refractivity contribution in [3.8, 4) is 0 Å². The van der Waals surface area contributed by atoms with E-state index in [1.807, 2.05) is 0 Å². The van der Waals surface area contributed by atoms with Gasteiger partial charge in [-0.15, -0.1) is 0 Å². The standard InChI is InChI=1S/C6HF3IN3/c7-2-1-3(12-13-11)4(8)5(9)6(2)10/h1H. The molecule has 68 valence electrons. The Morgan fingerprint density at radius 3 is 2.46 bits per heavy atom. The molecule has 0 saturated carbocycles. The molecule has 0 heterocycles. The fraction of sp³-hybridized carbons (Fsp3) is 0. The van der Waals surface area contributed by atoms with E-state index >= 15 is 0 Å². The Morgan fingerprint density at radius 2 is 1.92 bits per heavy atom. The van der Waals surface area contributed by atoms with Gasteiger partial charge in [0, 0.05) is 4.91 Å². The fourth-order valence-corrected chi connectivity index (χ4v) is 1.07. The van der Waals surface area contributed by atoms with Gasteiger partial charge in [0.1, 0.15) is 5.82 Å². The Morgan fingerprint density at radius 1 is 1.31 bits per heavy atom. The summed E-state index contributed by atoms with van der Waals surface area (Å²) in [5.41, 5.74) is 7.26. The van der Waals surface area contributed by atoms with E-state index in [0.29, 0.717) is 6.07 Å². The van der Waals surface area contributed by atoms with Crippen LogP contribution >= 0.6 is 22.6 Å². The van der Waals surface area contributed by atoms with Crippen LogP contribution in [0.25, 0.3) is 10.4 Å². The van der Waals surface area contributed by atoms with Gasteiger partial charge in [0.15, 0.2) is 11.6 Å². The summed E-state index contributed by atoms with van der Waals surface area (Å²) in [6.45, 7) is 0. The predicted octanol–water partition coefficient (Wildman–Crippen LogP) is 3.65. The van der Waals surface area contributed by atoms with Crippen LogP contribution in [0, 0.1) is 21.0 Å². The minimum Gasteiger partial charge on any atom is -0.206 e. The largest absolute Gasteiger partial charge is 0.206 e. The number of benzene rings is 1.